The van der Waals surface area contributed by atoms with Gasteiger partial charge in [-0.25, -0.2) is 0 Å². The van der Waals surface area contributed by atoms with Crippen molar-refractivity contribution in [3.63, 3.8) is 0 Å². The number of benzene rings is 1. The second-order valence-corrected chi connectivity index (χ2v) is 7.54. The minimum absolute atomic E-state index is 0.00155. The molecule has 0 bridgehead atoms. The van der Waals surface area contributed by atoms with Crippen molar-refractivity contribution >= 4 is 0 Å². The third-order valence-electron chi connectivity index (χ3n) is 5.50. The molecule has 2 fully saturated rings. The molecule has 3 unspecified atom stereocenters. The van der Waals surface area contributed by atoms with Crippen molar-refractivity contribution < 1.29 is 4.92 Å². The molecule has 3 atom stereocenters. The van der Waals surface area contributed by atoms with Gasteiger partial charge < -0.3 is 0 Å². The van der Waals surface area contributed by atoms with Crippen molar-refractivity contribution in [1.82, 2.24) is 4.90 Å². The molecule has 120 valence electrons. The number of nitrogens with zero attached hydrogens (tertiary/aromatic N) is 2. The van der Waals surface area contributed by atoms with Gasteiger partial charge in [0.25, 0.3) is 0 Å². The van der Waals surface area contributed by atoms with Gasteiger partial charge >= 0.3 is 0 Å². The summed E-state index contributed by atoms with van der Waals surface area (Å²) in [5.74, 6) is -0.0111. The largest absolute Gasteiger partial charge is 0.293 e. The Hall–Kier alpha value is -1.42. The van der Waals surface area contributed by atoms with E-state index in [1.165, 1.54) is 12.8 Å². The Labute approximate surface area is 132 Å². The number of hydrogen-bond acceptors (Lipinski definition) is 3. The van der Waals surface area contributed by atoms with Gasteiger partial charge in [-0.2, -0.15) is 0 Å². The standard InChI is InChI=1S/C18H26N2O2/c1-18(2)13-19-12-8-4-7-11-15(19)17(20(21)22)16(18)14-9-5-3-6-10-14/h3,5-6,9-10,15-17H,4,7-8,11-13H2,1-2H3. The van der Waals surface area contributed by atoms with Crippen LogP contribution in [-0.2, 0) is 0 Å². The number of rotatable bonds is 2. The molecular weight excluding hydrogens is 276 g/mol. The Morgan fingerprint density at radius 2 is 1.91 bits per heavy atom. The van der Waals surface area contributed by atoms with Gasteiger partial charge in [-0.3, -0.25) is 15.0 Å². The van der Waals surface area contributed by atoms with Crippen LogP contribution in [0.3, 0.4) is 0 Å². The average Bonchev–Trinajstić information content (AvgIpc) is 2.70. The van der Waals surface area contributed by atoms with Crippen molar-refractivity contribution in [1.29, 1.82) is 0 Å². The number of hydrogen-bond donors (Lipinski definition) is 0. The molecule has 2 aliphatic rings. The van der Waals surface area contributed by atoms with E-state index < -0.39 is 6.04 Å². The molecule has 1 aromatic rings. The van der Waals surface area contributed by atoms with Crippen molar-refractivity contribution in [2.24, 2.45) is 5.41 Å². The van der Waals surface area contributed by atoms with Crippen LogP contribution in [0.4, 0.5) is 0 Å². The number of nitro groups is 1. The molecule has 0 N–H and O–H groups in total. The average molecular weight is 302 g/mol. The molecule has 4 heteroatoms. The van der Waals surface area contributed by atoms with E-state index in [2.05, 4.69) is 30.9 Å². The Morgan fingerprint density at radius 1 is 1.18 bits per heavy atom. The predicted octanol–water partition coefficient (Wildman–Crippen LogP) is 3.70. The first-order valence-electron chi connectivity index (χ1n) is 8.43. The summed E-state index contributed by atoms with van der Waals surface area (Å²) in [6.07, 6.45) is 4.46. The van der Waals surface area contributed by atoms with Gasteiger partial charge in [0, 0.05) is 11.5 Å². The molecule has 0 amide bonds. The molecule has 2 heterocycles. The maximum Gasteiger partial charge on any atom is 0.235 e. The molecule has 22 heavy (non-hydrogen) atoms. The van der Waals surface area contributed by atoms with Gasteiger partial charge in [0.2, 0.25) is 6.04 Å². The highest BCUT2D eigenvalue weighted by atomic mass is 16.6. The van der Waals surface area contributed by atoms with Gasteiger partial charge in [0.1, 0.15) is 0 Å². The molecule has 2 saturated heterocycles. The summed E-state index contributed by atoms with van der Waals surface area (Å²) in [6.45, 7) is 6.37. The Morgan fingerprint density at radius 3 is 2.59 bits per heavy atom. The summed E-state index contributed by atoms with van der Waals surface area (Å²) in [7, 11) is 0. The monoisotopic (exact) mass is 302 g/mol. The summed E-state index contributed by atoms with van der Waals surface area (Å²) >= 11 is 0. The summed E-state index contributed by atoms with van der Waals surface area (Å²) < 4.78 is 0. The van der Waals surface area contributed by atoms with Crippen LogP contribution in [0.5, 0.6) is 0 Å². The van der Waals surface area contributed by atoms with Gasteiger partial charge in [-0.1, -0.05) is 57.0 Å². The van der Waals surface area contributed by atoms with Crippen LogP contribution >= 0.6 is 0 Å². The van der Waals surface area contributed by atoms with Crippen LogP contribution in [0, 0.1) is 15.5 Å². The highest BCUT2D eigenvalue weighted by Gasteiger charge is 2.54. The Balaban J connectivity index is 2.03. The fourth-order valence-corrected chi connectivity index (χ4v) is 4.65. The number of fused-ring (bicyclic) bond motifs is 1. The topological polar surface area (TPSA) is 46.4 Å². The fraction of sp³-hybridized carbons (Fsp3) is 0.667. The van der Waals surface area contributed by atoms with Crippen molar-refractivity contribution in [3.05, 3.63) is 46.0 Å². The van der Waals surface area contributed by atoms with Crippen molar-refractivity contribution in [2.75, 3.05) is 13.1 Å². The first-order valence-corrected chi connectivity index (χ1v) is 8.43. The molecule has 4 nitrogen and oxygen atoms in total. The zero-order chi connectivity index (χ0) is 15.7. The van der Waals surface area contributed by atoms with E-state index in [1.54, 1.807) is 0 Å². The number of piperidine rings is 1. The normalized spacial score (nSPS) is 32.0. The minimum atomic E-state index is -0.496. The van der Waals surface area contributed by atoms with E-state index in [-0.39, 0.29) is 22.3 Å². The Kier molecular flexibility index (Phi) is 4.22. The van der Waals surface area contributed by atoms with Gasteiger partial charge in [-0.15, -0.1) is 0 Å². The zero-order valence-corrected chi connectivity index (χ0v) is 13.6. The van der Waals surface area contributed by atoms with Gasteiger partial charge in [-0.05, 0) is 30.4 Å². The molecular formula is C18H26N2O2. The van der Waals surface area contributed by atoms with E-state index in [4.69, 9.17) is 0 Å². The first-order chi connectivity index (χ1) is 10.5. The lowest BCUT2D eigenvalue weighted by Gasteiger charge is -2.49. The molecule has 3 rings (SSSR count). The van der Waals surface area contributed by atoms with Gasteiger partial charge in [0.05, 0.1) is 12.0 Å². The SMILES string of the molecule is CC1(C)CN2CCCCCC2C([N+](=O)[O-])C1c1ccccc1. The quantitative estimate of drug-likeness (QED) is 0.618. The second kappa shape index (κ2) is 5.99. The maximum atomic E-state index is 12.0. The molecule has 0 aromatic heterocycles. The van der Waals surface area contributed by atoms with Crippen molar-refractivity contribution in [3.8, 4) is 0 Å². The van der Waals surface area contributed by atoms with E-state index >= 15 is 0 Å². The fourth-order valence-electron chi connectivity index (χ4n) is 4.65. The predicted molar refractivity (Wildman–Crippen MR) is 87.6 cm³/mol. The second-order valence-electron chi connectivity index (χ2n) is 7.54. The van der Waals surface area contributed by atoms with Gasteiger partial charge in [0.15, 0.2) is 0 Å². The third-order valence-corrected chi connectivity index (χ3v) is 5.50. The molecule has 1 aromatic carbocycles. The van der Waals surface area contributed by atoms with E-state index in [1.807, 2.05) is 18.2 Å². The minimum Gasteiger partial charge on any atom is -0.293 e. The van der Waals surface area contributed by atoms with Crippen LogP contribution in [0.2, 0.25) is 0 Å². The van der Waals surface area contributed by atoms with E-state index in [0.717, 1.165) is 31.5 Å². The lowest BCUT2D eigenvalue weighted by molar-refractivity contribution is -0.542. The summed E-state index contributed by atoms with van der Waals surface area (Å²) in [5, 5.41) is 12.0. The summed E-state index contributed by atoms with van der Waals surface area (Å²) in [5.41, 5.74) is 1.04. The highest BCUT2D eigenvalue weighted by Crippen LogP contribution is 2.47. The van der Waals surface area contributed by atoms with Crippen molar-refractivity contribution in [2.45, 2.75) is 57.5 Å². The smallest absolute Gasteiger partial charge is 0.235 e. The Bertz CT molecular complexity index is 529. The highest BCUT2D eigenvalue weighted by molar-refractivity contribution is 5.25. The van der Waals surface area contributed by atoms with E-state index in [0.29, 0.717) is 0 Å². The molecule has 0 saturated carbocycles. The molecule has 0 spiro atoms. The van der Waals surface area contributed by atoms with Crippen LogP contribution in [0.25, 0.3) is 0 Å². The molecule has 0 radical (unpaired) electrons. The lowest BCUT2D eigenvalue weighted by atomic mass is 9.65. The maximum absolute atomic E-state index is 12.0. The van der Waals surface area contributed by atoms with E-state index in [9.17, 15) is 10.1 Å². The zero-order valence-electron chi connectivity index (χ0n) is 13.6. The third kappa shape index (κ3) is 2.76. The summed E-state index contributed by atoms with van der Waals surface area (Å²) in [6, 6.07) is 9.72. The summed E-state index contributed by atoms with van der Waals surface area (Å²) in [4.78, 5) is 14.4. The van der Waals surface area contributed by atoms with Crippen LogP contribution in [0.1, 0.15) is 51.0 Å². The van der Waals surface area contributed by atoms with Crippen LogP contribution in [0.15, 0.2) is 30.3 Å². The molecule has 0 aliphatic carbocycles. The van der Waals surface area contributed by atoms with Crippen LogP contribution < -0.4 is 0 Å². The lowest BCUT2D eigenvalue weighted by Crippen LogP contribution is -2.60. The first kappa shape index (κ1) is 15.5. The molecule has 2 aliphatic heterocycles. The van der Waals surface area contributed by atoms with Crippen LogP contribution in [-0.4, -0.2) is 35.0 Å².